The number of hydrogen-bond acceptors (Lipinski definition) is 4. The number of phenolic OH excluding ortho intramolecular Hbond substituents is 1. The molecule has 2 atom stereocenters. The summed E-state index contributed by atoms with van der Waals surface area (Å²) in [6.45, 7) is 0. The minimum atomic E-state index is -1.35. The van der Waals surface area contributed by atoms with Gasteiger partial charge in [-0.1, -0.05) is 23.7 Å². The van der Waals surface area contributed by atoms with Crippen LogP contribution in [0.5, 0.6) is 5.75 Å². The van der Waals surface area contributed by atoms with Gasteiger partial charge in [-0.3, -0.25) is 14.6 Å². The SMILES string of the molecule is NC(=O)[C@@H](c1cccnc1)N(C(=O)c1c(O)cccc1F)[C@@H]1CCc2c(F)cc(Cl)cc21. The fraction of sp³-hybridized carbons (Fsp3) is 0.174. The summed E-state index contributed by atoms with van der Waals surface area (Å²) in [5.74, 6) is -3.95. The maximum atomic E-state index is 14.6. The van der Waals surface area contributed by atoms with Crippen LogP contribution in [0.3, 0.4) is 0 Å². The number of primary amides is 1. The predicted molar refractivity (Wildman–Crippen MR) is 113 cm³/mol. The maximum Gasteiger partial charge on any atom is 0.262 e. The summed E-state index contributed by atoms with van der Waals surface area (Å²) in [4.78, 5) is 31.3. The van der Waals surface area contributed by atoms with Gasteiger partial charge in [0.25, 0.3) is 5.91 Å². The first-order chi connectivity index (χ1) is 15.3. The quantitative estimate of drug-likeness (QED) is 0.603. The van der Waals surface area contributed by atoms with E-state index >= 15 is 0 Å². The van der Waals surface area contributed by atoms with Gasteiger partial charge in [0.05, 0.1) is 6.04 Å². The summed E-state index contributed by atoms with van der Waals surface area (Å²) in [6, 6.07) is 7.04. The van der Waals surface area contributed by atoms with E-state index < -0.39 is 46.8 Å². The summed E-state index contributed by atoms with van der Waals surface area (Å²) in [5.41, 5.74) is 6.12. The zero-order valence-corrected chi connectivity index (χ0v) is 17.4. The van der Waals surface area contributed by atoms with Gasteiger partial charge >= 0.3 is 0 Å². The highest BCUT2D eigenvalue weighted by Crippen LogP contribution is 2.43. The number of aromatic hydroxyl groups is 1. The smallest absolute Gasteiger partial charge is 0.262 e. The molecule has 0 saturated heterocycles. The van der Waals surface area contributed by atoms with Crippen LogP contribution < -0.4 is 5.73 Å². The van der Waals surface area contributed by atoms with Crippen molar-refractivity contribution in [2.24, 2.45) is 5.73 Å². The van der Waals surface area contributed by atoms with Gasteiger partial charge in [-0.2, -0.15) is 0 Å². The topological polar surface area (TPSA) is 96.5 Å². The zero-order valence-electron chi connectivity index (χ0n) is 16.6. The molecular formula is C23H18ClF2N3O3. The normalized spacial score (nSPS) is 15.8. The van der Waals surface area contributed by atoms with E-state index in [0.717, 1.165) is 17.0 Å². The second-order valence-corrected chi connectivity index (χ2v) is 7.88. The molecule has 9 heteroatoms. The van der Waals surface area contributed by atoms with E-state index in [-0.39, 0.29) is 17.9 Å². The molecule has 3 aromatic rings. The van der Waals surface area contributed by atoms with Gasteiger partial charge < -0.3 is 15.7 Å². The average molecular weight is 458 g/mol. The van der Waals surface area contributed by atoms with E-state index in [4.69, 9.17) is 17.3 Å². The molecule has 0 aliphatic heterocycles. The van der Waals surface area contributed by atoms with Gasteiger partial charge in [-0.05, 0) is 54.3 Å². The molecule has 6 nitrogen and oxygen atoms in total. The number of halogens is 3. The first kappa shape index (κ1) is 21.7. The molecule has 1 aromatic heterocycles. The van der Waals surface area contributed by atoms with Crippen LogP contribution in [0.1, 0.15) is 45.6 Å². The van der Waals surface area contributed by atoms with Crippen molar-refractivity contribution in [1.82, 2.24) is 9.88 Å². The Morgan fingerprint density at radius 3 is 2.62 bits per heavy atom. The fourth-order valence-corrected chi connectivity index (χ4v) is 4.42. The number of nitrogens with two attached hydrogens (primary N) is 1. The number of carbonyl (C=O) groups excluding carboxylic acids is 2. The lowest BCUT2D eigenvalue weighted by Crippen LogP contribution is -2.43. The minimum Gasteiger partial charge on any atom is -0.507 e. The van der Waals surface area contributed by atoms with E-state index in [9.17, 15) is 23.5 Å². The minimum absolute atomic E-state index is 0.117. The monoisotopic (exact) mass is 457 g/mol. The third kappa shape index (κ3) is 3.78. The molecule has 3 N–H and O–H groups in total. The van der Waals surface area contributed by atoms with E-state index in [2.05, 4.69) is 4.98 Å². The van der Waals surface area contributed by atoms with Crippen LogP contribution in [-0.4, -0.2) is 26.8 Å². The predicted octanol–water partition coefficient (Wildman–Crippen LogP) is 4.08. The van der Waals surface area contributed by atoms with Crippen LogP contribution in [0.15, 0.2) is 54.9 Å². The van der Waals surface area contributed by atoms with Crippen molar-refractivity contribution in [2.75, 3.05) is 0 Å². The summed E-state index contributed by atoms with van der Waals surface area (Å²) in [5, 5.41) is 10.3. The molecule has 4 rings (SSSR count). The molecule has 0 radical (unpaired) electrons. The highest BCUT2D eigenvalue weighted by molar-refractivity contribution is 6.30. The second-order valence-electron chi connectivity index (χ2n) is 7.45. The molecule has 0 saturated carbocycles. The number of nitrogens with zero attached hydrogens (tertiary/aromatic N) is 2. The third-order valence-electron chi connectivity index (χ3n) is 5.55. The number of amides is 2. The molecule has 0 fully saturated rings. The van der Waals surface area contributed by atoms with Crippen LogP contribution in [-0.2, 0) is 11.2 Å². The number of carbonyl (C=O) groups is 2. The maximum absolute atomic E-state index is 14.6. The Balaban J connectivity index is 1.93. The van der Waals surface area contributed by atoms with Crippen molar-refractivity contribution in [3.8, 4) is 5.75 Å². The van der Waals surface area contributed by atoms with Crippen molar-refractivity contribution >= 4 is 23.4 Å². The summed E-state index contributed by atoms with van der Waals surface area (Å²) in [7, 11) is 0. The van der Waals surface area contributed by atoms with E-state index in [1.54, 1.807) is 12.1 Å². The summed E-state index contributed by atoms with van der Waals surface area (Å²) in [6.07, 6.45) is 3.37. The van der Waals surface area contributed by atoms with Crippen LogP contribution >= 0.6 is 11.6 Å². The Hall–Kier alpha value is -3.52. The van der Waals surface area contributed by atoms with Crippen molar-refractivity contribution in [1.29, 1.82) is 0 Å². The lowest BCUT2D eigenvalue weighted by Gasteiger charge is -2.36. The third-order valence-corrected chi connectivity index (χ3v) is 5.76. The number of hydrogen-bond donors (Lipinski definition) is 2. The van der Waals surface area contributed by atoms with Gasteiger partial charge in [-0.15, -0.1) is 0 Å². The molecule has 1 aliphatic rings. The molecule has 164 valence electrons. The lowest BCUT2D eigenvalue weighted by molar-refractivity contribution is -0.123. The van der Waals surface area contributed by atoms with Gasteiger partial charge in [0.2, 0.25) is 5.91 Å². The number of pyridine rings is 1. The Morgan fingerprint density at radius 2 is 1.97 bits per heavy atom. The molecule has 2 aromatic carbocycles. The Kier molecular flexibility index (Phi) is 5.80. The Bertz CT molecular complexity index is 1190. The van der Waals surface area contributed by atoms with Crippen molar-refractivity contribution in [3.63, 3.8) is 0 Å². The lowest BCUT2D eigenvalue weighted by atomic mass is 9.98. The van der Waals surface area contributed by atoms with Crippen LogP contribution in [0.2, 0.25) is 5.02 Å². The number of phenols is 1. The van der Waals surface area contributed by atoms with Crippen molar-refractivity contribution < 1.29 is 23.5 Å². The van der Waals surface area contributed by atoms with Crippen molar-refractivity contribution in [2.45, 2.75) is 24.9 Å². The second kappa shape index (κ2) is 8.55. The first-order valence-corrected chi connectivity index (χ1v) is 10.1. The molecule has 32 heavy (non-hydrogen) atoms. The molecule has 0 bridgehead atoms. The van der Waals surface area contributed by atoms with E-state index in [0.29, 0.717) is 16.7 Å². The summed E-state index contributed by atoms with van der Waals surface area (Å²) >= 11 is 6.06. The molecule has 1 heterocycles. The zero-order chi connectivity index (χ0) is 23.0. The van der Waals surface area contributed by atoms with E-state index in [1.165, 1.54) is 30.6 Å². The average Bonchev–Trinajstić information content (AvgIpc) is 3.15. The highest BCUT2D eigenvalue weighted by Gasteiger charge is 2.41. The van der Waals surface area contributed by atoms with Gasteiger partial charge in [0.15, 0.2) is 0 Å². The summed E-state index contributed by atoms with van der Waals surface area (Å²) < 4.78 is 29.2. The van der Waals surface area contributed by atoms with Crippen molar-refractivity contribution in [3.05, 3.63) is 93.8 Å². The molecule has 2 amide bonds. The number of benzene rings is 2. The number of fused-ring (bicyclic) bond motifs is 1. The number of aromatic nitrogens is 1. The van der Waals surface area contributed by atoms with Crippen LogP contribution in [0.4, 0.5) is 8.78 Å². The van der Waals surface area contributed by atoms with Gasteiger partial charge in [0, 0.05) is 23.0 Å². The van der Waals surface area contributed by atoms with Crippen LogP contribution in [0, 0.1) is 11.6 Å². The molecular weight excluding hydrogens is 440 g/mol. The first-order valence-electron chi connectivity index (χ1n) is 9.76. The largest absolute Gasteiger partial charge is 0.507 e. The standard InChI is InChI=1S/C23H18ClF2N3O3/c24-13-9-15-14(17(26)10-13)6-7-18(15)29(21(22(27)31)12-3-2-8-28-11-12)23(32)20-16(25)4-1-5-19(20)30/h1-5,8-11,18,21,30H,6-7H2,(H2,27,31)/t18-,21-/m1/s1. The Morgan fingerprint density at radius 1 is 1.19 bits per heavy atom. The Labute approximate surface area is 187 Å². The molecule has 0 unspecified atom stereocenters. The van der Waals surface area contributed by atoms with Gasteiger partial charge in [-0.25, -0.2) is 8.78 Å². The van der Waals surface area contributed by atoms with E-state index in [1.807, 2.05) is 0 Å². The van der Waals surface area contributed by atoms with Crippen LogP contribution in [0.25, 0.3) is 0 Å². The fourth-order valence-electron chi connectivity index (χ4n) is 4.20. The molecule has 0 spiro atoms. The molecule has 1 aliphatic carbocycles. The highest BCUT2D eigenvalue weighted by atomic mass is 35.5. The number of rotatable bonds is 5. The van der Waals surface area contributed by atoms with Gasteiger partial charge in [0.1, 0.15) is 29.0 Å².